The summed E-state index contributed by atoms with van der Waals surface area (Å²) in [7, 11) is 0. The second-order valence-corrected chi connectivity index (χ2v) is 4.43. The SMILES string of the molecule is Oc1ccc(F)cc1CNc1cccc(-n2cnnn2)c1. The lowest BCUT2D eigenvalue weighted by Gasteiger charge is -2.09. The third-order valence-corrected chi connectivity index (χ3v) is 2.98. The van der Waals surface area contributed by atoms with Crippen LogP contribution in [-0.4, -0.2) is 25.3 Å². The van der Waals surface area contributed by atoms with E-state index >= 15 is 0 Å². The number of aromatic hydroxyl groups is 1. The van der Waals surface area contributed by atoms with Gasteiger partial charge in [0.15, 0.2) is 0 Å². The minimum Gasteiger partial charge on any atom is -0.508 e. The Bertz CT molecular complexity index is 745. The van der Waals surface area contributed by atoms with Gasteiger partial charge in [-0.25, -0.2) is 9.07 Å². The summed E-state index contributed by atoms with van der Waals surface area (Å²) in [6.45, 7) is 0.308. The first-order chi connectivity index (χ1) is 10.2. The Morgan fingerprint density at radius 3 is 2.90 bits per heavy atom. The van der Waals surface area contributed by atoms with Gasteiger partial charge in [-0.15, -0.1) is 5.10 Å². The average molecular weight is 285 g/mol. The molecule has 1 heterocycles. The van der Waals surface area contributed by atoms with E-state index in [0.29, 0.717) is 12.1 Å². The molecule has 0 amide bonds. The quantitative estimate of drug-likeness (QED) is 0.768. The maximum absolute atomic E-state index is 13.2. The molecular weight excluding hydrogens is 273 g/mol. The highest BCUT2D eigenvalue weighted by atomic mass is 19.1. The number of benzene rings is 2. The van der Waals surface area contributed by atoms with E-state index < -0.39 is 0 Å². The van der Waals surface area contributed by atoms with Crippen LogP contribution in [0.2, 0.25) is 0 Å². The van der Waals surface area contributed by atoms with Gasteiger partial charge in [0.05, 0.1) is 5.69 Å². The van der Waals surface area contributed by atoms with E-state index in [4.69, 9.17) is 0 Å². The molecule has 3 aromatic rings. The summed E-state index contributed by atoms with van der Waals surface area (Å²) >= 11 is 0. The summed E-state index contributed by atoms with van der Waals surface area (Å²) in [5.74, 6) is -0.326. The number of rotatable bonds is 4. The van der Waals surface area contributed by atoms with E-state index in [-0.39, 0.29) is 11.6 Å². The Morgan fingerprint density at radius 1 is 1.19 bits per heavy atom. The molecule has 0 saturated heterocycles. The largest absolute Gasteiger partial charge is 0.508 e. The number of hydrogen-bond acceptors (Lipinski definition) is 5. The van der Waals surface area contributed by atoms with Gasteiger partial charge < -0.3 is 10.4 Å². The van der Waals surface area contributed by atoms with Crippen LogP contribution in [0.15, 0.2) is 48.8 Å². The minimum absolute atomic E-state index is 0.0560. The van der Waals surface area contributed by atoms with E-state index in [1.54, 1.807) is 0 Å². The molecule has 6 nitrogen and oxygen atoms in total. The molecule has 2 aromatic carbocycles. The first-order valence-corrected chi connectivity index (χ1v) is 6.27. The van der Waals surface area contributed by atoms with Crippen molar-refractivity contribution in [2.24, 2.45) is 0 Å². The molecule has 106 valence electrons. The Balaban J connectivity index is 1.76. The maximum Gasteiger partial charge on any atom is 0.143 e. The molecule has 0 aliphatic rings. The zero-order valence-electron chi connectivity index (χ0n) is 10.9. The van der Waals surface area contributed by atoms with Crippen LogP contribution in [-0.2, 0) is 6.54 Å². The fourth-order valence-corrected chi connectivity index (χ4v) is 1.93. The van der Waals surface area contributed by atoms with Gasteiger partial charge in [0.25, 0.3) is 0 Å². The molecule has 1 aromatic heterocycles. The lowest BCUT2D eigenvalue weighted by Crippen LogP contribution is -2.02. The van der Waals surface area contributed by atoms with Crippen molar-refractivity contribution < 1.29 is 9.50 Å². The predicted molar refractivity (Wildman–Crippen MR) is 74.5 cm³/mol. The van der Waals surface area contributed by atoms with Gasteiger partial charge in [-0.05, 0) is 46.8 Å². The normalized spacial score (nSPS) is 10.5. The summed E-state index contributed by atoms with van der Waals surface area (Å²) in [5, 5.41) is 23.8. The number of aromatic nitrogens is 4. The number of nitrogens with zero attached hydrogens (tertiary/aromatic N) is 4. The van der Waals surface area contributed by atoms with Gasteiger partial charge in [-0.3, -0.25) is 0 Å². The molecule has 0 fully saturated rings. The summed E-state index contributed by atoms with van der Waals surface area (Å²) in [5.41, 5.74) is 2.10. The van der Waals surface area contributed by atoms with Crippen LogP contribution >= 0.6 is 0 Å². The molecular formula is C14H12FN5O. The molecule has 0 radical (unpaired) electrons. The lowest BCUT2D eigenvalue weighted by atomic mass is 10.2. The Labute approximate surface area is 119 Å². The van der Waals surface area contributed by atoms with E-state index in [1.165, 1.54) is 29.2 Å². The van der Waals surface area contributed by atoms with Crippen LogP contribution in [0.5, 0.6) is 5.75 Å². The Hall–Kier alpha value is -2.96. The molecule has 3 rings (SSSR count). The van der Waals surface area contributed by atoms with Crippen molar-refractivity contribution >= 4 is 5.69 Å². The van der Waals surface area contributed by atoms with Crippen molar-refractivity contribution in [2.45, 2.75) is 6.54 Å². The summed E-state index contributed by atoms with van der Waals surface area (Å²) < 4.78 is 14.7. The topological polar surface area (TPSA) is 75.9 Å². The maximum atomic E-state index is 13.2. The number of phenols is 1. The number of anilines is 1. The van der Waals surface area contributed by atoms with Gasteiger partial charge >= 0.3 is 0 Å². The Morgan fingerprint density at radius 2 is 2.10 bits per heavy atom. The van der Waals surface area contributed by atoms with Crippen molar-refractivity contribution in [3.05, 3.63) is 60.2 Å². The van der Waals surface area contributed by atoms with Crippen LogP contribution in [0.4, 0.5) is 10.1 Å². The average Bonchev–Trinajstić information content (AvgIpc) is 3.03. The molecule has 0 unspecified atom stereocenters. The summed E-state index contributed by atoms with van der Waals surface area (Å²) in [6.07, 6.45) is 1.50. The van der Waals surface area contributed by atoms with Crippen molar-refractivity contribution in [1.29, 1.82) is 0 Å². The molecule has 0 spiro atoms. The van der Waals surface area contributed by atoms with Crippen molar-refractivity contribution in [1.82, 2.24) is 20.2 Å². The molecule has 0 aliphatic carbocycles. The van der Waals surface area contributed by atoms with Crippen molar-refractivity contribution in [3.8, 4) is 11.4 Å². The van der Waals surface area contributed by atoms with E-state index in [9.17, 15) is 9.50 Å². The highest BCUT2D eigenvalue weighted by Gasteiger charge is 2.04. The number of hydrogen-bond donors (Lipinski definition) is 2. The van der Waals surface area contributed by atoms with Gasteiger partial charge in [0.1, 0.15) is 17.9 Å². The number of tetrazole rings is 1. The third-order valence-electron chi connectivity index (χ3n) is 2.98. The fraction of sp³-hybridized carbons (Fsp3) is 0.0714. The van der Waals surface area contributed by atoms with Gasteiger partial charge in [0, 0.05) is 17.8 Å². The monoisotopic (exact) mass is 285 g/mol. The third kappa shape index (κ3) is 2.97. The lowest BCUT2D eigenvalue weighted by molar-refractivity contribution is 0.466. The minimum atomic E-state index is -0.382. The number of halogens is 1. The van der Waals surface area contributed by atoms with E-state index in [0.717, 1.165) is 11.4 Å². The smallest absolute Gasteiger partial charge is 0.143 e. The first-order valence-electron chi connectivity index (χ1n) is 6.27. The first kappa shape index (κ1) is 13.0. The Kier molecular flexibility index (Phi) is 3.46. The highest BCUT2D eigenvalue weighted by molar-refractivity contribution is 5.51. The number of phenolic OH excluding ortho intramolecular Hbond substituents is 1. The van der Waals surface area contributed by atoms with Crippen LogP contribution in [0.1, 0.15) is 5.56 Å². The molecule has 2 N–H and O–H groups in total. The number of nitrogens with one attached hydrogen (secondary N) is 1. The molecule has 0 bridgehead atoms. The molecule has 7 heteroatoms. The zero-order valence-corrected chi connectivity index (χ0v) is 10.9. The van der Waals surface area contributed by atoms with Crippen LogP contribution in [0, 0.1) is 5.82 Å². The molecule has 0 atom stereocenters. The highest BCUT2D eigenvalue weighted by Crippen LogP contribution is 2.20. The van der Waals surface area contributed by atoms with Crippen LogP contribution < -0.4 is 5.32 Å². The summed E-state index contributed by atoms with van der Waals surface area (Å²) in [6, 6.07) is 11.3. The summed E-state index contributed by atoms with van der Waals surface area (Å²) in [4.78, 5) is 0. The van der Waals surface area contributed by atoms with E-state index in [1.807, 2.05) is 24.3 Å². The van der Waals surface area contributed by atoms with Gasteiger partial charge in [-0.1, -0.05) is 6.07 Å². The van der Waals surface area contributed by atoms with Crippen molar-refractivity contribution in [3.63, 3.8) is 0 Å². The van der Waals surface area contributed by atoms with Crippen molar-refractivity contribution in [2.75, 3.05) is 5.32 Å². The van der Waals surface area contributed by atoms with Gasteiger partial charge in [0.2, 0.25) is 0 Å². The predicted octanol–water partition coefficient (Wildman–Crippen LogP) is 2.12. The van der Waals surface area contributed by atoms with Crippen LogP contribution in [0.3, 0.4) is 0 Å². The fourth-order valence-electron chi connectivity index (χ4n) is 1.93. The molecule has 0 aliphatic heterocycles. The molecule has 21 heavy (non-hydrogen) atoms. The zero-order chi connectivity index (χ0) is 14.7. The van der Waals surface area contributed by atoms with E-state index in [2.05, 4.69) is 20.8 Å². The molecule has 0 saturated carbocycles. The van der Waals surface area contributed by atoms with Crippen LogP contribution in [0.25, 0.3) is 5.69 Å². The second-order valence-electron chi connectivity index (χ2n) is 4.43. The standard InChI is InChI=1S/C14H12FN5O/c15-11-4-5-14(21)10(6-11)8-16-12-2-1-3-13(7-12)20-9-17-18-19-20/h1-7,9,16,21H,8H2. The second kappa shape index (κ2) is 5.58. The van der Waals surface area contributed by atoms with Gasteiger partial charge in [-0.2, -0.15) is 0 Å².